The van der Waals surface area contributed by atoms with Crippen LogP contribution in [-0.4, -0.2) is 36.3 Å². The second-order valence-electron chi connectivity index (χ2n) is 5.92. The molecule has 0 radical (unpaired) electrons. The highest BCUT2D eigenvalue weighted by Crippen LogP contribution is 2.39. The Kier molecular flexibility index (Phi) is 3.98. The van der Waals surface area contributed by atoms with Crippen LogP contribution in [0.4, 0.5) is 0 Å². The normalized spacial score (nSPS) is 34.2. The maximum atomic E-state index is 6.25. The summed E-state index contributed by atoms with van der Waals surface area (Å²) in [5, 5.41) is 3.77. The Hall–Kier alpha value is 0.270. The van der Waals surface area contributed by atoms with Crippen LogP contribution >= 0.6 is 11.8 Å². The van der Waals surface area contributed by atoms with E-state index in [1.165, 1.54) is 56.5 Å². The standard InChI is InChI=1S/C14H25NOS/c1-2-4-12(3-1)11-13-14(16-8-7-15-13)5-9-17-10-6-14/h12-13,15H,1-11H2. The van der Waals surface area contributed by atoms with Crippen LogP contribution < -0.4 is 5.32 Å². The lowest BCUT2D eigenvalue weighted by Gasteiger charge is -2.47. The van der Waals surface area contributed by atoms with E-state index in [1.54, 1.807) is 0 Å². The molecule has 3 fully saturated rings. The number of morpholine rings is 1. The molecule has 2 nitrogen and oxygen atoms in total. The average molecular weight is 255 g/mol. The van der Waals surface area contributed by atoms with E-state index in [-0.39, 0.29) is 5.60 Å². The van der Waals surface area contributed by atoms with Gasteiger partial charge in [-0.3, -0.25) is 0 Å². The fourth-order valence-electron chi connectivity index (χ4n) is 3.86. The zero-order chi connectivity index (χ0) is 11.6. The van der Waals surface area contributed by atoms with E-state index in [9.17, 15) is 0 Å². The molecule has 2 heterocycles. The number of ether oxygens (including phenoxy) is 1. The van der Waals surface area contributed by atoms with Gasteiger partial charge in [-0.2, -0.15) is 11.8 Å². The zero-order valence-corrected chi connectivity index (χ0v) is 11.6. The lowest BCUT2D eigenvalue weighted by Crippen LogP contribution is -2.59. The van der Waals surface area contributed by atoms with Crippen molar-refractivity contribution in [1.82, 2.24) is 5.32 Å². The number of thioether (sulfide) groups is 1. The molecule has 0 aromatic heterocycles. The van der Waals surface area contributed by atoms with Gasteiger partial charge >= 0.3 is 0 Å². The summed E-state index contributed by atoms with van der Waals surface area (Å²) in [6.07, 6.45) is 9.74. The van der Waals surface area contributed by atoms with Crippen molar-refractivity contribution in [2.75, 3.05) is 24.7 Å². The van der Waals surface area contributed by atoms with Gasteiger partial charge in [0.05, 0.1) is 12.2 Å². The number of hydrogen-bond acceptors (Lipinski definition) is 3. The van der Waals surface area contributed by atoms with E-state index >= 15 is 0 Å². The van der Waals surface area contributed by atoms with Gasteiger partial charge in [0, 0.05) is 12.6 Å². The maximum absolute atomic E-state index is 6.25. The molecule has 1 unspecified atom stereocenters. The van der Waals surface area contributed by atoms with Gasteiger partial charge in [0.15, 0.2) is 0 Å². The molecule has 1 N–H and O–H groups in total. The minimum Gasteiger partial charge on any atom is -0.372 e. The smallest absolute Gasteiger partial charge is 0.0851 e. The van der Waals surface area contributed by atoms with E-state index < -0.39 is 0 Å². The van der Waals surface area contributed by atoms with Crippen LogP contribution in [0.15, 0.2) is 0 Å². The van der Waals surface area contributed by atoms with E-state index in [1.807, 2.05) is 0 Å². The first-order valence-corrected chi connectivity index (χ1v) is 8.50. The SMILES string of the molecule is C1CCC(CC2NCCOC23CCSCC3)C1. The zero-order valence-electron chi connectivity index (χ0n) is 10.7. The number of nitrogens with one attached hydrogen (secondary N) is 1. The van der Waals surface area contributed by atoms with Gasteiger partial charge in [-0.1, -0.05) is 25.7 Å². The average Bonchev–Trinajstić information content (AvgIpc) is 2.86. The van der Waals surface area contributed by atoms with Gasteiger partial charge in [-0.25, -0.2) is 0 Å². The monoisotopic (exact) mass is 255 g/mol. The van der Waals surface area contributed by atoms with E-state index in [4.69, 9.17) is 4.74 Å². The molecule has 3 heteroatoms. The van der Waals surface area contributed by atoms with Crippen LogP contribution in [0.5, 0.6) is 0 Å². The summed E-state index contributed by atoms with van der Waals surface area (Å²) >= 11 is 2.10. The Labute approximate surface area is 109 Å². The molecular weight excluding hydrogens is 230 g/mol. The second-order valence-corrected chi connectivity index (χ2v) is 7.14. The van der Waals surface area contributed by atoms with E-state index in [0.29, 0.717) is 6.04 Å². The fraction of sp³-hybridized carbons (Fsp3) is 1.00. The molecule has 0 bridgehead atoms. The molecule has 2 aliphatic heterocycles. The molecule has 1 spiro atoms. The molecule has 17 heavy (non-hydrogen) atoms. The summed E-state index contributed by atoms with van der Waals surface area (Å²) in [5.41, 5.74) is 0.200. The topological polar surface area (TPSA) is 21.3 Å². The van der Waals surface area contributed by atoms with Crippen molar-refractivity contribution in [3.05, 3.63) is 0 Å². The van der Waals surface area contributed by atoms with Crippen LogP contribution in [0.3, 0.4) is 0 Å². The second kappa shape index (κ2) is 5.50. The van der Waals surface area contributed by atoms with Crippen molar-refractivity contribution in [2.45, 2.75) is 56.6 Å². The summed E-state index contributed by atoms with van der Waals surface area (Å²) < 4.78 is 6.25. The summed E-state index contributed by atoms with van der Waals surface area (Å²) in [5.74, 6) is 3.56. The van der Waals surface area contributed by atoms with Crippen molar-refractivity contribution in [3.8, 4) is 0 Å². The van der Waals surface area contributed by atoms with Gasteiger partial charge < -0.3 is 10.1 Å². The minimum absolute atomic E-state index is 0.200. The maximum Gasteiger partial charge on any atom is 0.0851 e. The van der Waals surface area contributed by atoms with Gasteiger partial charge in [0.1, 0.15) is 0 Å². The first kappa shape index (κ1) is 12.3. The van der Waals surface area contributed by atoms with Crippen LogP contribution in [0, 0.1) is 5.92 Å². The Morgan fingerprint density at radius 1 is 1.18 bits per heavy atom. The molecule has 0 aromatic carbocycles. The lowest BCUT2D eigenvalue weighted by molar-refractivity contribution is -0.106. The van der Waals surface area contributed by atoms with Crippen LogP contribution in [0.1, 0.15) is 44.9 Å². The van der Waals surface area contributed by atoms with Crippen molar-refractivity contribution in [1.29, 1.82) is 0 Å². The minimum atomic E-state index is 0.200. The van der Waals surface area contributed by atoms with Crippen molar-refractivity contribution >= 4 is 11.8 Å². The number of hydrogen-bond donors (Lipinski definition) is 1. The van der Waals surface area contributed by atoms with Gasteiger partial charge in [-0.15, -0.1) is 0 Å². The quantitative estimate of drug-likeness (QED) is 0.820. The number of rotatable bonds is 2. The lowest BCUT2D eigenvalue weighted by atomic mass is 9.81. The highest BCUT2D eigenvalue weighted by atomic mass is 32.2. The Balaban J connectivity index is 1.65. The van der Waals surface area contributed by atoms with Crippen LogP contribution in [0.2, 0.25) is 0 Å². The molecule has 3 rings (SSSR count). The Morgan fingerprint density at radius 3 is 2.71 bits per heavy atom. The summed E-state index contributed by atoms with van der Waals surface area (Å²) in [4.78, 5) is 0. The summed E-state index contributed by atoms with van der Waals surface area (Å²) in [7, 11) is 0. The van der Waals surface area contributed by atoms with Crippen LogP contribution in [0.25, 0.3) is 0 Å². The largest absolute Gasteiger partial charge is 0.372 e. The molecule has 0 amide bonds. The molecule has 98 valence electrons. The first-order valence-electron chi connectivity index (χ1n) is 7.34. The third kappa shape index (κ3) is 2.66. The highest BCUT2D eigenvalue weighted by molar-refractivity contribution is 7.99. The molecule has 1 saturated carbocycles. The third-order valence-electron chi connectivity index (χ3n) is 4.90. The first-order chi connectivity index (χ1) is 8.39. The third-order valence-corrected chi connectivity index (χ3v) is 5.89. The summed E-state index contributed by atoms with van der Waals surface area (Å²) in [6, 6.07) is 0.639. The highest BCUT2D eigenvalue weighted by Gasteiger charge is 2.43. The Bertz CT molecular complexity index is 238. The van der Waals surface area contributed by atoms with E-state index in [0.717, 1.165) is 19.1 Å². The van der Waals surface area contributed by atoms with Gasteiger partial charge in [-0.05, 0) is 36.7 Å². The fourth-order valence-corrected chi connectivity index (χ4v) is 5.05. The predicted molar refractivity (Wildman–Crippen MR) is 73.6 cm³/mol. The van der Waals surface area contributed by atoms with Gasteiger partial charge in [0.25, 0.3) is 0 Å². The molecular formula is C14H25NOS. The molecule has 1 aliphatic carbocycles. The summed E-state index contributed by atoms with van der Waals surface area (Å²) in [6.45, 7) is 1.98. The van der Waals surface area contributed by atoms with Crippen molar-refractivity contribution in [2.24, 2.45) is 5.92 Å². The van der Waals surface area contributed by atoms with Crippen LogP contribution in [-0.2, 0) is 4.74 Å². The van der Waals surface area contributed by atoms with Crippen molar-refractivity contribution in [3.63, 3.8) is 0 Å². The molecule has 1 atom stereocenters. The van der Waals surface area contributed by atoms with E-state index in [2.05, 4.69) is 17.1 Å². The van der Waals surface area contributed by atoms with Crippen molar-refractivity contribution < 1.29 is 4.74 Å². The molecule has 0 aromatic rings. The molecule has 2 saturated heterocycles. The van der Waals surface area contributed by atoms with Gasteiger partial charge in [0.2, 0.25) is 0 Å². The Morgan fingerprint density at radius 2 is 1.94 bits per heavy atom. The predicted octanol–water partition coefficient (Wildman–Crippen LogP) is 2.82. The molecule has 3 aliphatic rings.